The number of benzene rings is 1. The molecule has 5 rings (SSSR count). The number of amides is 1. The van der Waals surface area contributed by atoms with Gasteiger partial charge in [0.25, 0.3) is 11.1 Å². The number of para-hydroxylation sites is 2. The van der Waals surface area contributed by atoms with Gasteiger partial charge in [0.2, 0.25) is 5.91 Å². The Labute approximate surface area is 172 Å². The van der Waals surface area contributed by atoms with Crippen LogP contribution in [0.1, 0.15) is 0 Å². The lowest BCUT2D eigenvalue weighted by Crippen LogP contribution is -2.28. The van der Waals surface area contributed by atoms with Crippen molar-refractivity contribution in [2.45, 2.75) is 6.54 Å². The molecule has 0 saturated heterocycles. The Kier molecular flexibility index (Phi) is 4.17. The molecule has 12 heteroatoms. The van der Waals surface area contributed by atoms with Crippen LogP contribution in [0.3, 0.4) is 0 Å². The van der Waals surface area contributed by atoms with E-state index in [-0.39, 0.29) is 17.7 Å². The average molecular weight is 417 g/mol. The number of rotatable bonds is 4. The number of aromatic amines is 1. The van der Waals surface area contributed by atoms with E-state index in [1.165, 1.54) is 39.0 Å². The Morgan fingerprint density at radius 3 is 2.74 bits per heavy atom. The molecule has 0 aliphatic rings. The van der Waals surface area contributed by atoms with Crippen molar-refractivity contribution >= 4 is 33.7 Å². The van der Waals surface area contributed by atoms with Gasteiger partial charge in [0.05, 0.1) is 30.1 Å². The molecule has 12 nitrogen and oxygen atoms in total. The number of carbonyl (C=O) groups excluding carboxylic acids is 1. The second-order valence-corrected chi connectivity index (χ2v) is 6.77. The summed E-state index contributed by atoms with van der Waals surface area (Å²) in [5.74, 6) is -0.429. The van der Waals surface area contributed by atoms with E-state index in [0.29, 0.717) is 33.4 Å². The minimum absolute atomic E-state index is 0.233. The summed E-state index contributed by atoms with van der Waals surface area (Å²) in [7, 11) is 1.68. The molecule has 0 aliphatic heterocycles. The van der Waals surface area contributed by atoms with E-state index in [9.17, 15) is 14.4 Å². The summed E-state index contributed by atoms with van der Waals surface area (Å²) in [5, 5.41) is 11.7. The number of carbonyl (C=O) groups is 1. The summed E-state index contributed by atoms with van der Waals surface area (Å²) in [6.45, 7) is -0.233. The first-order valence-corrected chi connectivity index (χ1v) is 9.21. The summed E-state index contributed by atoms with van der Waals surface area (Å²) >= 11 is 0. The second kappa shape index (κ2) is 7.02. The van der Waals surface area contributed by atoms with Gasteiger partial charge in [-0.05, 0) is 12.1 Å². The molecule has 0 bridgehead atoms. The number of aromatic nitrogens is 8. The zero-order valence-electron chi connectivity index (χ0n) is 16.2. The van der Waals surface area contributed by atoms with Gasteiger partial charge >= 0.3 is 0 Å². The summed E-state index contributed by atoms with van der Waals surface area (Å²) in [4.78, 5) is 48.1. The number of anilines is 1. The van der Waals surface area contributed by atoms with E-state index in [4.69, 9.17) is 0 Å². The Hall–Kier alpha value is -4.61. The van der Waals surface area contributed by atoms with Gasteiger partial charge in [-0.25, -0.2) is 14.6 Å². The van der Waals surface area contributed by atoms with Crippen LogP contribution in [0.25, 0.3) is 27.8 Å². The van der Waals surface area contributed by atoms with Gasteiger partial charge in [-0.3, -0.25) is 23.6 Å². The van der Waals surface area contributed by atoms with Gasteiger partial charge < -0.3 is 10.3 Å². The van der Waals surface area contributed by atoms with E-state index >= 15 is 0 Å². The molecule has 0 radical (unpaired) electrons. The molecular formula is C19H15N9O3. The quantitative estimate of drug-likeness (QED) is 0.424. The van der Waals surface area contributed by atoms with Crippen LogP contribution in [0.4, 0.5) is 5.69 Å². The third kappa shape index (κ3) is 3.06. The van der Waals surface area contributed by atoms with Crippen LogP contribution in [0.15, 0.2) is 58.9 Å². The Bertz CT molecular complexity index is 1570. The molecule has 0 saturated carbocycles. The predicted octanol–water partition coefficient (Wildman–Crippen LogP) is 0.191. The number of nitrogens with one attached hydrogen (secondary N) is 2. The van der Waals surface area contributed by atoms with Gasteiger partial charge in [0, 0.05) is 7.05 Å². The summed E-state index contributed by atoms with van der Waals surface area (Å²) < 4.78 is 4.17. The highest BCUT2D eigenvalue weighted by molar-refractivity contribution is 5.93. The number of H-pyrrole nitrogens is 1. The lowest BCUT2D eigenvalue weighted by Gasteiger charge is -2.12. The van der Waals surface area contributed by atoms with Gasteiger partial charge in [0.1, 0.15) is 23.6 Å². The summed E-state index contributed by atoms with van der Waals surface area (Å²) in [5.41, 5.74) is 1.10. The Balaban J connectivity index is 1.47. The molecule has 0 spiro atoms. The maximum absolute atomic E-state index is 12.7. The fraction of sp³-hybridized carbons (Fsp3) is 0.105. The lowest BCUT2D eigenvalue weighted by atomic mass is 10.2. The van der Waals surface area contributed by atoms with Gasteiger partial charge in [0.15, 0.2) is 11.3 Å². The van der Waals surface area contributed by atoms with E-state index in [1.54, 1.807) is 31.3 Å². The van der Waals surface area contributed by atoms with Crippen LogP contribution < -0.4 is 16.4 Å². The average Bonchev–Trinajstić information content (AvgIpc) is 3.36. The molecule has 5 aromatic rings. The highest BCUT2D eigenvalue weighted by Gasteiger charge is 2.15. The zero-order valence-corrected chi connectivity index (χ0v) is 16.2. The van der Waals surface area contributed by atoms with Gasteiger partial charge in [-0.2, -0.15) is 10.2 Å². The fourth-order valence-corrected chi connectivity index (χ4v) is 3.32. The SMILES string of the molecule is Cn1ncc2c(=O)n(CC(=O)Nc3ccccc3-n3ncc4c(=O)[nH]cnc43)cnc21. The monoisotopic (exact) mass is 417 g/mol. The molecule has 0 aliphatic carbocycles. The Morgan fingerprint density at radius 1 is 1.06 bits per heavy atom. The molecule has 4 aromatic heterocycles. The van der Waals surface area contributed by atoms with Crippen LogP contribution in [0.2, 0.25) is 0 Å². The second-order valence-electron chi connectivity index (χ2n) is 6.77. The molecule has 0 unspecified atom stereocenters. The van der Waals surface area contributed by atoms with Crippen LogP contribution in [0.5, 0.6) is 0 Å². The highest BCUT2D eigenvalue weighted by Crippen LogP contribution is 2.22. The fourth-order valence-electron chi connectivity index (χ4n) is 3.32. The number of hydrogen-bond acceptors (Lipinski definition) is 7. The molecule has 0 fully saturated rings. The topological polar surface area (TPSA) is 145 Å². The van der Waals surface area contributed by atoms with Crippen molar-refractivity contribution in [3.63, 3.8) is 0 Å². The lowest BCUT2D eigenvalue weighted by molar-refractivity contribution is -0.116. The molecule has 154 valence electrons. The molecule has 1 aromatic carbocycles. The van der Waals surface area contributed by atoms with Gasteiger partial charge in [-0.15, -0.1) is 0 Å². The van der Waals surface area contributed by atoms with E-state index in [1.807, 2.05) is 0 Å². The van der Waals surface area contributed by atoms with Crippen molar-refractivity contribution in [2.75, 3.05) is 5.32 Å². The predicted molar refractivity (Wildman–Crippen MR) is 111 cm³/mol. The zero-order chi connectivity index (χ0) is 21.5. The van der Waals surface area contributed by atoms with Crippen LogP contribution in [-0.4, -0.2) is 45.0 Å². The largest absolute Gasteiger partial charge is 0.323 e. The van der Waals surface area contributed by atoms with E-state index in [2.05, 4.69) is 30.5 Å². The van der Waals surface area contributed by atoms with E-state index in [0.717, 1.165) is 0 Å². The van der Waals surface area contributed by atoms with Crippen molar-refractivity contribution in [1.82, 2.24) is 39.1 Å². The van der Waals surface area contributed by atoms with Crippen LogP contribution in [0, 0.1) is 0 Å². The molecular weight excluding hydrogens is 402 g/mol. The normalized spacial score (nSPS) is 11.3. The molecule has 1 amide bonds. The first-order valence-electron chi connectivity index (χ1n) is 9.21. The van der Waals surface area contributed by atoms with Crippen LogP contribution >= 0.6 is 0 Å². The third-order valence-electron chi connectivity index (χ3n) is 4.81. The van der Waals surface area contributed by atoms with Crippen LogP contribution in [-0.2, 0) is 18.4 Å². The number of hydrogen-bond donors (Lipinski definition) is 2. The van der Waals surface area contributed by atoms with E-state index < -0.39 is 5.91 Å². The maximum Gasteiger partial charge on any atom is 0.264 e. The van der Waals surface area contributed by atoms with Crippen molar-refractivity contribution < 1.29 is 4.79 Å². The minimum atomic E-state index is -0.429. The van der Waals surface area contributed by atoms with Crippen molar-refractivity contribution in [3.8, 4) is 5.69 Å². The van der Waals surface area contributed by atoms with Gasteiger partial charge in [-0.1, -0.05) is 12.1 Å². The third-order valence-corrected chi connectivity index (χ3v) is 4.81. The molecule has 4 heterocycles. The first kappa shape index (κ1) is 18.4. The number of fused-ring (bicyclic) bond motifs is 2. The van der Waals surface area contributed by atoms with Crippen molar-refractivity contribution in [1.29, 1.82) is 0 Å². The molecule has 31 heavy (non-hydrogen) atoms. The number of nitrogens with zero attached hydrogens (tertiary/aromatic N) is 7. The standard InChI is InChI=1S/C19H15N9O3/c1-26-16-12(7-23-26)19(31)27(10-22-16)8-15(29)25-13-4-2-3-5-14(13)28-17-11(6-24-28)18(30)21-9-20-17/h2-7,9-10H,8H2,1H3,(H,25,29)(H,20,21,30). The summed E-state index contributed by atoms with van der Waals surface area (Å²) in [6.07, 6.45) is 5.44. The molecule has 2 N–H and O–H groups in total. The summed E-state index contributed by atoms with van der Waals surface area (Å²) in [6, 6.07) is 6.95. The maximum atomic E-state index is 12.7. The smallest absolute Gasteiger partial charge is 0.264 e. The Morgan fingerprint density at radius 2 is 1.87 bits per heavy atom. The van der Waals surface area contributed by atoms with Crippen molar-refractivity contribution in [3.05, 3.63) is 70.0 Å². The highest BCUT2D eigenvalue weighted by atomic mass is 16.2. The van der Waals surface area contributed by atoms with Crippen molar-refractivity contribution in [2.24, 2.45) is 7.05 Å². The molecule has 0 atom stereocenters. The minimum Gasteiger partial charge on any atom is -0.323 e. The first-order chi connectivity index (χ1) is 15.0. The number of aryl methyl sites for hydroxylation is 1.